The maximum Gasteiger partial charge on any atom is 0.228 e. The normalized spacial score (nSPS) is 13.4. The molecule has 0 atom stereocenters. The molecule has 0 bridgehead atoms. The summed E-state index contributed by atoms with van der Waals surface area (Å²) in [7, 11) is 4.64. The lowest BCUT2D eigenvalue weighted by atomic mass is 10.1. The van der Waals surface area contributed by atoms with Gasteiger partial charge in [-0.3, -0.25) is 4.79 Å². The van der Waals surface area contributed by atoms with Crippen LogP contribution in [0.2, 0.25) is 0 Å². The number of hydrogen-bond acceptors (Lipinski definition) is 5. The zero-order chi connectivity index (χ0) is 19.2. The third-order valence-electron chi connectivity index (χ3n) is 4.72. The summed E-state index contributed by atoms with van der Waals surface area (Å²) < 4.78 is 15.9. The minimum Gasteiger partial charge on any atom is -0.493 e. The van der Waals surface area contributed by atoms with E-state index in [1.165, 1.54) is 18.5 Å². The number of carbonyl (C=O) groups is 1. The Morgan fingerprint density at radius 2 is 1.56 bits per heavy atom. The van der Waals surface area contributed by atoms with Gasteiger partial charge in [0.15, 0.2) is 11.5 Å². The number of hydrogen-bond donors (Lipinski definition) is 1. The molecule has 1 amide bonds. The van der Waals surface area contributed by atoms with E-state index in [-0.39, 0.29) is 5.91 Å². The van der Waals surface area contributed by atoms with Gasteiger partial charge in [0.2, 0.25) is 11.7 Å². The Bertz CT molecular complexity index is 758. The second-order valence-electron chi connectivity index (χ2n) is 6.50. The summed E-state index contributed by atoms with van der Waals surface area (Å²) in [6.07, 6.45) is 2.80. The number of benzene rings is 2. The molecule has 1 aliphatic rings. The fourth-order valence-corrected chi connectivity index (χ4v) is 3.34. The van der Waals surface area contributed by atoms with Crippen LogP contribution in [0, 0.1) is 0 Å². The summed E-state index contributed by atoms with van der Waals surface area (Å²) in [5.74, 6) is 1.40. The highest BCUT2D eigenvalue weighted by molar-refractivity contribution is 5.93. The molecular formula is C21H26N2O4. The molecule has 2 aromatic rings. The van der Waals surface area contributed by atoms with E-state index in [9.17, 15) is 4.79 Å². The van der Waals surface area contributed by atoms with Crippen molar-refractivity contribution in [3.05, 3.63) is 42.0 Å². The largest absolute Gasteiger partial charge is 0.493 e. The maximum absolute atomic E-state index is 12.4. The Morgan fingerprint density at radius 3 is 2.07 bits per heavy atom. The molecule has 0 saturated carbocycles. The predicted octanol–water partition coefficient (Wildman–Crippen LogP) is 3.49. The van der Waals surface area contributed by atoms with Crippen LogP contribution in [0.4, 0.5) is 11.4 Å². The first kappa shape index (κ1) is 18.9. The third kappa shape index (κ3) is 4.45. The van der Waals surface area contributed by atoms with Crippen molar-refractivity contribution in [1.82, 2.24) is 0 Å². The second-order valence-corrected chi connectivity index (χ2v) is 6.50. The number of anilines is 2. The van der Waals surface area contributed by atoms with Crippen LogP contribution < -0.4 is 24.4 Å². The third-order valence-corrected chi connectivity index (χ3v) is 4.72. The highest BCUT2D eigenvalue weighted by Gasteiger charge is 2.15. The Kier molecular flexibility index (Phi) is 6.06. The number of amides is 1. The van der Waals surface area contributed by atoms with Gasteiger partial charge in [-0.2, -0.15) is 0 Å². The van der Waals surface area contributed by atoms with Crippen LogP contribution in [0.25, 0.3) is 0 Å². The van der Waals surface area contributed by atoms with Crippen molar-refractivity contribution >= 4 is 17.3 Å². The van der Waals surface area contributed by atoms with E-state index in [1.54, 1.807) is 33.5 Å². The van der Waals surface area contributed by atoms with Gasteiger partial charge in [0.25, 0.3) is 0 Å². The summed E-state index contributed by atoms with van der Waals surface area (Å²) >= 11 is 0. The fraction of sp³-hybridized carbons (Fsp3) is 0.381. The molecular weight excluding hydrogens is 344 g/mol. The highest BCUT2D eigenvalue weighted by atomic mass is 16.5. The molecule has 1 heterocycles. The minimum absolute atomic E-state index is 0.0989. The zero-order valence-electron chi connectivity index (χ0n) is 16.1. The molecule has 3 rings (SSSR count). The molecule has 6 nitrogen and oxygen atoms in total. The van der Waals surface area contributed by atoms with Gasteiger partial charge in [-0.25, -0.2) is 0 Å². The van der Waals surface area contributed by atoms with E-state index in [4.69, 9.17) is 14.2 Å². The molecule has 0 spiro atoms. The molecule has 27 heavy (non-hydrogen) atoms. The van der Waals surface area contributed by atoms with Gasteiger partial charge >= 0.3 is 0 Å². The summed E-state index contributed by atoms with van der Waals surface area (Å²) in [6.45, 7) is 2.22. The topological polar surface area (TPSA) is 60.0 Å². The first-order valence-electron chi connectivity index (χ1n) is 9.08. The Hall–Kier alpha value is -2.89. The van der Waals surface area contributed by atoms with Crippen LogP contribution in [-0.4, -0.2) is 40.3 Å². The summed E-state index contributed by atoms with van der Waals surface area (Å²) in [5.41, 5.74) is 2.80. The van der Waals surface area contributed by atoms with Crippen molar-refractivity contribution in [2.75, 3.05) is 44.6 Å². The smallest absolute Gasteiger partial charge is 0.228 e. The molecule has 6 heteroatoms. The van der Waals surface area contributed by atoms with Gasteiger partial charge < -0.3 is 24.4 Å². The van der Waals surface area contributed by atoms with E-state index >= 15 is 0 Å². The van der Waals surface area contributed by atoms with Gasteiger partial charge in [-0.15, -0.1) is 0 Å². The van der Waals surface area contributed by atoms with Crippen LogP contribution in [0.5, 0.6) is 17.2 Å². The van der Waals surface area contributed by atoms with E-state index in [2.05, 4.69) is 22.3 Å². The lowest BCUT2D eigenvalue weighted by molar-refractivity contribution is -0.115. The van der Waals surface area contributed by atoms with Crippen LogP contribution in [-0.2, 0) is 11.2 Å². The van der Waals surface area contributed by atoms with Gasteiger partial charge in [0.05, 0.1) is 27.8 Å². The van der Waals surface area contributed by atoms with Crippen LogP contribution in [0.3, 0.4) is 0 Å². The van der Waals surface area contributed by atoms with Crippen molar-refractivity contribution in [3.8, 4) is 17.2 Å². The van der Waals surface area contributed by atoms with Crippen LogP contribution >= 0.6 is 0 Å². The van der Waals surface area contributed by atoms with E-state index in [0.29, 0.717) is 29.4 Å². The Labute approximate surface area is 160 Å². The monoisotopic (exact) mass is 370 g/mol. The lowest BCUT2D eigenvalue weighted by Gasteiger charge is -2.17. The van der Waals surface area contributed by atoms with E-state index < -0.39 is 0 Å². The average molecular weight is 370 g/mol. The Morgan fingerprint density at radius 1 is 0.963 bits per heavy atom. The molecule has 144 valence electrons. The SMILES string of the molecule is COc1cc(NC(=O)Cc2ccc(N3CCCC3)cc2)cc(OC)c1OC. The van der Waals surface area contributed by atoms with Crippen molar-refractivity contribution in [3.63, 3.8) is 0 Å². The molecule has 0 aromatic heterocycles. The Balaban J connectivity index is 1.66. The zero-order valence-corrected chi connectivity index (χ0v) is 16.1. The molecule has 1 fully saturated rings. The molecule has 0 aliphatic carbocycles. The van der Waals surface area contributed by atoms with Crippen molar-refractivity contribution in [1.29, 1.82) is 0 Å². The number of nitrogens with zero attached hydrogens (tertiary/aromatic N) is 1. The first-order valence-corrected chi connectivity index (χ1v) is 9.08. The van der Waals surface area contributed by atoms with Gasteiger partial charge in [0.1, 0.15) is 0 Å². The fourth-order valence-electron chi connectivity index (χ4n) is 3.34. The number of nitrogens with one attached hydrogen (secondary N) is 1. The molecule has 0 radical (unpaired) electrons. The number of rotatable bonds is 7. The van der Waals surface area contributed by atoms with Gasteiger partial charge in [0, 0.05) is 36.6 Å². The summed E-state index contributed by atoms with van der Waals surface area (Å²) in [4.78, 5) is 14.8. The molecule has 1 N–H and O–H groups in total. The number of carbonyl (C=O) groups excluding carboxylic acids is 1. The van der Waals surface area contributed by atoms with E-state index in [1.807, 2.05) is 12.1 Å². The average Bonchev–Trinajstić information content (AvgIpc) is 3.22. The summed E-state index contributed by atoms with van der Waals surface area (Å²) in [6, 6.07) is 11.6. The number of methoxy groups -OCH3 is 3. The maximum atomic E-state index is 12.4. The van der Waals surface area contributed by atoms with Gasteiger partial charge in [-0.05, 0) is 30.5 Å². The van der Waals surface area contributed by atoms with Crippen molar-refractivity contribution < 1.29 is 19.0 Å². The molecule has 1 aliphatic heterocycles. The quantitative estimate of drug-likeness (QED) is 0.808. The summed E-state index contributed by atoms with van der Waals surface area (Å²) in [5, 5.41) is 2.90. The number of ether oxygens (including phenoxy) is 3. The molecule has 0 unspecified atom stereocenters. The van der Waals surface area contributed by atoms with Crippen molar-refractivity contribution in [2.45, 2.75) is 19.3 Å². The van der Waals surface area contributed by atoms with E-state index in [0.717, 1.165) is 18.7 Å². The predicted molar refractivity (Wildman–Crippen MR) is 106 cm³/mol. The molecule has 2 aromatic carbocycles. The highest BCUT2D eigenvalue weighted by Crippen LogP contribution is 2.39. The van der Waals surface area contributed by atoms with Crippen LogP contribution in [0.1, 0.15) is 18.4 Å². The molecule has 1 saturated heterocycles. The van der Waals surface area contributed by atoms with Gasteiger partial charge in [-0.1, -0.05) is 12.1 Å². The van der Waals surface area contributed by atoms with Crippen LogP contribution in [0.15, 0.2) is 36.4 Å². The first-order chi connectivity index (χ1) is 13.1. The second kappa shape index (κ2) is 8.66. The lowest BCUT2D eigenvalue weighted by Crippen LogP contribution is -2.18. The van der Waals surface area contributed by atoms with Crippen molar-refractivity contribution in [2.24, 2.45) is 0 Å². The standard InChI is InChI=1S/C21H26N2O4/c1-25-18-13-16(14-19(26-2)21(18)27-3)22-20(24)12-15-6-8-17(9-7-15)23-10-4-5-11-23/h6-9,13-14H,4-5,10-12H2,1-3H3,(H,22,24). The minimum atomic E-state index is -0.0989.